The highest BCUT2D eigenvalue weighted by atomic mass is 79.9. The first-order valence-corrected chi connectivity index (χ1v) is 11.3. The molecule has 1 aliphatic rings. The highest BCUT2D eigenvalue weighted by Gasteiger charge is 2.16. The molecule has 3 aromatic carbocycles. The van der Waals surface area contributed by atoms with Crippen molar-refractivity contribution in [3.05, 3.63) is 80.8 Å². The lowest BCUT2D eigenvalue weighted by Gasteiger charge is -2.15. The van der Waals surface area contributed by atoms with Crippen molar-refractivity contribution in [1.82, 2.24) is 5.43 Å². The molecule has 1 amide bonds. The Bertz CT molecular complexity index is 1200. The number of rotatable bonds is 8. The Morgan fingerprint density at radius 3 is 2.79 bits per heavy atom. The van der Waals surface area contributed by atoms with E-state index in [2.05, 4.69) is 26.5 Å². The molecule has 1 aliphatic heterocycles. The van der Waals surface area contributed by atoms with E-state index in [0.29, 0.717) is 50.2 Å². The molecule has 0 unspecified atom stereocenters. The Morgan fingerprint density at radius 1 is 1.15 bits per heavy atom. The first-order valence-electron chi connectivity index (χ1n) is 10.1. The zero-order valence-corrected chi connectivity index (χ0v) is 20.0. The summed E-state index contributed by atoms with van der Waals surface area (Å²) in [5.74, 6) is 1.87. The fourth-order valence-corrected chi connectivity index (χ4v) is 3.86. The average Bonchev–Trinajstić information content (AvgIpc) is 3.28. The molecule has 1 heterocycles. The van der Waals surface area contributed by atoms with Gasteiger partial charge in [0.25, 0.3) is 5.91 Å². The third-order valence-corrected chi connectivity index (χ3v) is 5.63. The summed E-state index contributed by atoms with van der Waals surface area (Å²) >= 11 is 9.76. The van der Waals surface area contributed by atoms with Gasteiger partial charge in [0, 0.05) is 16.1 Å². The molecule has 0 aromatic heterocycles. The number of nitrogens with zero attached hydrogens (tertiary/aromatic N) is 1. The highest BCUT2D eigenvalue weighted by molar-refractivity contribution is 9.10. The molecule has 4 rings (SSSR count). The van der Waals surface area contributed by atoms with Crippen LogP contribution in [0.1, 0.15) is 28.4 Å². The maximum absolute atomic E-state index is 12.4. The van der Waals surface area contributed by atoms with Crippen molar-refractivity contribution in [3.8, 4) is 23.0 Å². The van der Waals surface area contributed by atoms with Crippen molar-refractivity contribution in [2.45, 2.75) is 13.5 Å². The number of hydrazone groups is 1. The number of halogens is 2. The van der Waals surface area contributed by atoms with Gasteiger partial charge >= 0.3 is 0 Å². The molecule has 0 atom stereocenters. The molecule has 0 spiro atoms. The Hall–Kier alpha value is -3.23. The van der Waals surface area contributed by atoms with Crippen molar-refractivity contribution in [2.24, 2.45) is 5.10 Å². The van der Waals surface area contributed by atoms with E-state index in [4.69, 9.17) is 30.5 Å². The summed E-state index contributed by atoms with van der Waals surface area (Å²) in [5, 5.41) is 4.69. The van der Waals surface area contributed by atoms with Gasteiger partial charge in [-0.3, -0.25) is 4.79 Å². The van der Waals surface area contributed by atoms with Gasteiger partial charge in [-0.1, -0.05) is 29.8 Å². The van der Waals surface area contributed by atoms with E-state index in [1.807, 2.05) is 37.3 Å². The molecule has 9 heteroatoms. The Labute approximate surface area is 204 Å². The normalized spacial score (nSPS) is 12.1. The third-order valence-electron chi connectivity index (χ3n) is 4.68. The summed E-state index contributed by atoms with van der Waals surface area (Å²) in [7, 11) is 0. The molecule has 0 saturated heterocycles. The first-order chi connectivity index (χ1) is 16.0. The van der Waals surface area contributed by atoms with Gasteiger partial charge in [-0.25, -0.2) is 5.43 Å². The standard InChI is InChI=1S/C24H20BrClN2O5/c1-2-30-22-10-15(9-18(25)23(22)31-13-17-5-3-4-6-19(17)26)12-27-28-24(29)16-7-8-20-21(11-16)33-14-32-20/h3-12H,2,13-14H2,1H3,(H,28,29)/b27-12+. The molecule has 0 saturated carbocycles. The predicted molar refractivity (Wildman–Crippen MR) is 129 cm³/mol. The number of amides is 1. The van der Waals surface area contributed by atoms with Gasteiger partial charge in [-0.05, 0) is 64.8 Å². The highest BCUT2D eigenvalue weighted by Crippen LogP contribution is 2.37. The minimum Gasteiger partial charge on any atom is -0.490 e. The van der Waals surface area contributed by atoms with Crippen LogP contribution >= 0.6 is 27.5 Å². The van der Waals surface area contributed by atoms with Crippen LogP contribution in [-0.4, -0.2) is 25.5 Å². The van der Waals surface area contributed by atoms with Crippen LogP contribution in [0.5, 0.6) is 23.0 Å². The van der Waals surface area contributed by atoms with E-state index in [1.54, 1.807) is 24.3 Å². The Kier molecular flexibility index (Phi) is 7.36. The lowest BCUT2D eigenvalue weighted by molar-refractivity contribution is 0.0954. The number of hydrogen-bond acceptors (Lipinski definition) is 6. The van der Waals surface area contributed by atoms with Crippen LogP contribution in [0.4, 0.5) is 0 Å². The summed E-state index contributed by atoms with van der Waals surface area (Å²) < 4.78 is 23.0. The fourth-order valence-electron chi connectivity index (χ4n) is 3.10. The van der Waals surface area contributed by atoms with E-state index >= 15 is 0 Å². The minimum absolute atomic E-state index is 0.147. The number of ether oxygens (including phenoxy) is 4. The van der Waals surface area contributed by atoms with Crippen molar-refractivity contribution >= 4 is 39.7 Å². The Balaban J connectivity index is 1.45. The van der Waals surface area contributed by atoms with E-state index < -0.39 is 0 Å². The number of hydrogen-bond donors (Lipinski definition) is 1. The summed E-state index contributed by atoms with van der Waals surface area (Å²) in [6.45, 7) is 2.78. The zero-order valence-electron chi connectivity index (χ0n) is 17.6. The molecule has 170 valence electrons. The number of benzene rings is 3. The van der Waals surface area contributed by atoms with Gasteiger partial charge in [0.2, 0.25) is 6.79 Å². The van der Waals surface area contributed by atoms with Gasteiger partial charge in [0.05, 0.1) is 17.3 Å². The smallest absolute Gasteiger partial charge is 0.271 e. The van der Waals surface area contributed by atoms with Gasteiger partial charge in [-0.15, -0.1) is 0 Å². The summed E-state index contributed by atoms with van der Waals surface area (Å²) in [5.41, 5.74) is 4.50. The monoisotopic (exact) mass is 530 g/mol. The van der Waals surface area contributed by atoms with Crippen molar-refractivity contribution in [1.29, 1.82) is 0 Å². The second-order valence-corrected chi connectivity index (χ2v) is 8.17. The lowest BCUT2D eigenvalue weighted by Crippen LogP contribution is -2.17. The Morgan fingerprint density at radius 2 is 1.97 bits per heavy atom. The van der Waals surface area contributed by atoms with Crippen LogP contribution in [0.25, 0.3) is 0 Å². The summed E-state index contributed by atoms with van der Waals surface area (Å²) in [6, 6.07) is 16.0. The second kappa shape index (κ2) is 10.6. The van der Waals surface area contributed by atoms with Gasteiger partial charge in [0.1, 0.15) is 6.61 Å². The summed E-state index contributed by atoms with van der Waals surface area (Å²) in [6.07, 6.45) is 1.52. The van der Waals surface area contributed by atoms with Crippen molar-refractivity contribution in [2.75, 3.05) is 13.4 Å². The van der Waals surface area contributed by atoms with E-state index in [-0.39, 0.29) is 19.3 Å². The first kappa shape index (κ1) is 22.9. The van der Waals surface area contributed by atoms with Crippen LogP contribution in [0.3, 0.4) is 0 Å². The largest absolute Gasteiger partial charge is 0.490 e. The molecule has 1 N–H and O–H groups in total. The molecule has 3 aromatic rings. The maximum Gasteiger partial charge on any atom is 0.271 e. The minimum atomic E-state index is -0.367. The summed E-state index contributed by atoms with van der Waals surface area (Å²) in [4.78, 5) is 12.4. The van der Waals surface area contributed by atoms with E-state index in [1.165, 1.54) is 6.21 Å². The number of carbonyl (C=O) groups is 1. The molecule has 7 nitrogen and oxygen atoms in total. The van der Waals surface area contributed by atoms with Crippen molar-refractivity contribution in [3.63, 3.8) is 0 Å². The zero-order chi connectivity index (χ0) is 23.2. The SMILES string of the molecule is CCOc1cc(/C=N/NC(=O)c2ccc3c(c2)OCO3)cc(Br)c1OCc1ccccc1Cl. The van der Waals surface area contributed by atoms with E-state index in [0.717, 1.165) is 5.56 Å². The molecule has 0 fully saturated rings. The molecule has 0 bridgehead atoms. The van der Waals surface area contributed by atoms with Crippen LogP contribution < -0.4 is 24.4 Å². The number of carbonyl (C=O) groups excluding carboxylic acids is 1. The van der Waals surface area contributed by atoms with Gasteiger partial charge in [0.15, 0.2) is 23.0 Å². The average molecular weight is 532 g/mol. The van der Waals surface area contributed by atoms with Crippen molar-refractivity contribution < 1.29 is 23.7 Å². The molecule has 33 heavy (non-hydrogen) atoms. The topological polar surface area (TPSA) is 78.4 Å². The second-order valence-electron chi connectivity index (χ2n) is 6.91. The van der Waals surface area contributed by atoms with Crippen LogP contribution in [0, 0.1) is 0 Å². The maximum atomic E-state index is 12.4. The quantitative estimate of drug-likeness (QED) is 0.304. The molecule has 0 aliphatic carbocycles. The van der Waals surface area contributed by atoms with Crippen LogP contribution in [0.15, 0.2) is 64.2 Å². The van der Waals surface area contributed by atoms with Gasteiger partial charge in [-0.2, -0.15) is 5.10 Å². The molecule has 0 radical (unpaired) electrons. The number of fused-ring (bicyclic) bond motifs is 1. The third kappa shape index (κ3) is 5.58. The number of nitrogens with one attached hydrogen (secondary N) is 1. The van der Waals surface area contributed by atoms with E-state index in [9.17, 15) is 4.79 Å². The van der Waals surface area contributed by atoms with Crippen LogP contribution in [-0.2, 0) is 6.61 Å². The predicted octanol–water partition coefficient (Wildman–Crippen LogP) is 5.57. The molecular weight excluding hydrogens is 512 g/mol. The fraction of sp³-hybridized carbons (Fsp3) is 0.167. The lowest BCUT2D eigenvalue weighted by atomic mass is 10.2. The van der Waals surface area contributed by atoms with Gasteiger partial charge < -0.3 is 18.9 Å². The molecular formula is C24H20BrClN2O5. The van der Waals surface area contributed by atoms with Crippen LogP contribution in [0.2, 0.25) is 5.02 Å².